The Labute approximate surface area is 144 Å². The van der Waals surface area contributed by atoms with Gasteiger partial charge >= 0.3 is 6.09 Å². The van der Waals surface area contributed by atoms with E-state index in [-0.39, 0.29) is 12.6 Å². The van der Waals surface area contributed by atoms with Gasteiger partial charge in [0.1, 0.15) is 5.75 Å². The summed E-state index contributed by atoms with van der Waals surface area (Å²) in [6.45, 7) is 2.36. The van der Waals surface area contributed by atoms with E-state index in [2.05, 4.69) is 25.7 Å². The molecule has 6 nitrogen and oxygen atoms in total. The summed E-state index contributed by atoms with van der Waals surface area (Å²) in [4.78, 5) is 14.7. The minimum atomic E-state index is -0.732. The average Bonchev–Trinajstić information content (AvgIpc) is 2.53. The molecule has 23 heavy (non-hydrogen) atoms. The van der Waals surface area contributed by atoms with E-state index in [9.17, 15) is 4.79 Å². The third-order valence-corrected chi connectivity index (χ3v) is 4.53. The van der Waals surface area contributed by atoms with Crippen LogP contribution in [0.25, 0.3) is 0 Å². The van der Waals surface area contributed by atoms with Gasteiger partial charge in [0, 0.05) is 4.47 Å². The predicted octanol–water partition coefficient (Wildman–Crippen LogP) is 3.05. The molecule has 0 saturated carbocycles. The summed E-state index contributed by atoms with van der Waals surface area (Å²) >= 11 is 3.59. The SMILES string of the molecule is CCOC(=O)/N=C(/N)OCC1CCc2c(Br)ccc(OC)c2C1. The number of fused-ring (bicyclic) bond motifs is 1. The summed E-state index contributed by atoms with van der Waals surface area (Å²) in [6.07, 6.45) is 2.02. The summed E-state index contributed by atoms with van der Waals surface area (Å²) < 4.78 is 16.6. The topological polar surface area (TPSA) is 83.1 Å². The molecule has 2 rings (SSSR count). The van der Waals surface area contributed by atoms with E-state index >= 15 is 0 Å². The van der Waals surface area contributed by atoms with Crippen molar-refractivity contribution in [3.63, 3.8) is 0 Å². The van der Waals surface area contributed by atoms with Gasteiger partial charge in [0.05, 0.1) is 20.3 Å². The van der Waals surface area contributed by atoms with E-state index in [0.717, 1.165) is 29.5 Å². The molecule has 126 valence electrons. The molecule has 0 heterocycles. The smallest absolute Gasteiger partial charge is 0.438 e. The molecule has 0 spiro atoms. The maximum atomic E-state index is 11.2. The Morgan fingerprint density at radius 3 is 2.87 bits per heavy atom. The van der Waals surface area contributed by atoms with E-state index in [1.807, 2.05) is 12.1 Å². The van der Waals surface area contributed by atoms with Crippen molar-refractivity contribution in [3.8, 4) is 5.75 Å². The Morgan fingerprint density at radius 2 is 2.17 bits per heavy atom. The van der Waals surface area contributed by atoms with Gasteiger partial charge in [-0.3, -0.25) is 0 Å². The highest BCUT2D eigenvalue weighted by atomic mass is 79.9. The first-order chi connectivity index (χ1) is 11.0. The molecule has 0 radical (unpaired) electrons. The van der Waals surface area contributed by atoms with Crippen LogP contribution in [0.3, 0.4) is 0 Å². The van der Waals surface area contributed by atoms with E-state index < -0.39 is 6.09 Å². The van der Waals surface area contributed by atoms with Crippen molar-refractivity contribution in [2.45, 2.75) is 26.2 Å². The maximum absolute atomic E-state index is 11.2. The van der Waals surface area contributed by atoms with Gasteiger partial charge in [0.2, 0.25) is 0 Å². The zero-order valence-corrected chi connectivity index (χ0v) is 14.9. The van der Waals surface area contributed by atoms with Gasteiger partial charge in [0.25, 0.3) is 6.02 Å². The van der Waals surface area contributed by atoms with Gasteiger partial charge in [-0.15, -0.1) is 4.99 Å². The second kappa shape index (κ2) is 8.19. The third-order valence-electron chi connectivity index (χ3n) is 3.78. The lowest BCUT2D eigenvalue weighted by atomic mass is 9.84. The lowest BCUT2D eigenvalue weighted by Crippen LogP contribution is -2.26. The number of nitrogens with zero attached hydrogens (tertiary/aromatic N) is 1. The number of methoxy groups -OCH3 is 1. The number of halogens is 1. The van der Waals surface area contributed by atoms with Crippen LogP contribution in [0.5, 0.6) is 5.75 Å². The van der Waals surface area contributed by atoms with Crippen LogP contribution < -0.4 is 10.5 Å². The largest absolute Gasteiger partial charge is 0.496 e. The van der Waals surface area contributed by atoms with Crippen molar-refractivity contribution in [1.82, 2.24) is 0 Å². The van der Waals surface area contributed by atoms with Gasteiger partial charge in [0.15, 0.2) is 0 Å². The van der Waals surface area contributed by atoms with Crippen molar-refractivity contribution >= 4 is 28.0 Å². The summed E-state index contributed by atoms with van der Waals surface area (Å²) in [5, 5.41) is 0. The molecule has 1 atom stereocenters. The number of benzene rings is 1. The number of rotatable bonds is 4. The van der Waals surface area contributed by atoms with E-state index in [1.165, 1.54) is 11.1 Å². The molecule has 1 unspecified atom stereocenters. The molecule has 0 aromatic heterocycles. The van der Waals surface area contributed by atoms with Crippen LogP contribution in [0.2, 0.25) is 0 Å². The predicted molar refractivity (Wildman–Crippen MR) is 90.8 cm³/mol. The lowest BCUT2D eigenvalue weighted by molar-refractivity contribution is 0.161. The van der Waals surface area contributed by atoms with Crippen LogP contribution in [-0.2, 0) is 22.3 Å². The Hall–Kier alpha value is -1.76. The third kappa shape index (κ3) is 4.60. The molecule has 0 aliphatic heterocycles. The second-order valence-corrected chi connectivity index (χ2v) is 6.13. The molecule has 1 aromatic carbocycles. The zero-order chi connectivity index (χ0) is 16.8. The Morgan fingerprint density at radius 1 is 1.39 bits per heavy atom. The monoisotopic (exact) mass is 384 g/mol. The maximum Gasteiger partial charge on any atom is 0.438 e. The molecule has 1 amide bonds. The van der Waals surface area contributed by atoms with Crippen LogP contribution in [0, 0.1) is 5.92 Å². The van der Waals surface area contributed by atoms with Gasteiger partial charge in [-0.25, -0.2) is 4.79 Å². The van der Waals surface area contributed by atoms with E-state index in [1.54, 1.807) is 14.0 Å². The second-order valence-electron chi connectivity index (χ2n) is 5.28. The van der Waals surface area contributed by atoms with Crippen LogP contribution in [-0.4, -0.2) is 32.4 Å². The highest BCUT2D eigenvalue weighted by Gasteiger charge is 2.24. The summed E-state index contributed by atoms with van der Waals surface area (Å²) in [7, 11) is 1.67. The van der Waals surface area contributed by atoms with Gasteiger partial charge in [-0.2, -0.15) is 0 Å². The first-order valence-corrected chi connectivity index (χ1v) is 8.32. The highest BCUT2D eigenvalue weighted by Crippen LogP contribution is 2.36. The number of ether oxygens (including phenoxy) is 3. The highest BCUT2D eigenvalue weighted by molar-refractivity contribution is 9.10. The van der Waals surface area contributed by atoms with Crippen molar-refractivity contribution < 1.29 is 19.0 Å². The van der Waals surface area contributed by atoms with Gasteiger partial charge < -0.3 is 19.9 Å². The fraction of sp³-hybridized carbons (Fsp3) is 0.500. The molecule has 0 bridgehead atoms. The average molecular weight is 385 g/mol. The molecule has 0 fully saturated rings. The van der Waals surface area contributed by atoms with Crippen molar-refractivity contribution in [2.75, 3.05) is 20.3 Å². The first kappa shape index (κ1) is 17.6. The zero-order valence-electron chi connectivity index (χ0n) is 13.3. The molecule has 0 saturated heterocycles. The summed E-state index contributed by atoms with van der Waals surface area (Å²) in [6, 6.07) is 3.82. The fourth-order valence-electron chi connectivity index (χ4n) is 2.69. The first-order valence-electron chi connectivity index (χ1n) is 7.53. The quantitative estimate of drug-likeness (QED) is 0.636. The van der Waals surface area contributed by atoms with Crippen molar-refractivity contribution in [2.24, 2.45) is 16.6 Å². The molecular weight excluding hydrogens is 364 g/mol. The molecule has 7 heteroatoms. The molecule has 1 aromatic rings. The standard InChI is InChI=1S/C16H21BrN2O4/c1-3-22-16(20)19-15(18)23-9-10-4-5-11-12(8-10)14(21-2)7-6-13(11)17/h6-7,10H,3-5,8-9H2,1-2H3,(H2,18,19,20). The van der Waals surface area contributed by atoms with Gasteiger partial charge in [-0.05, 0) is 55.4 Å². The minimum Gasteiger partial charge on any atom is -0.496 e. The minimum absolute atomic E-state index is 0.157. The summed E-state index contributed by atoms with van der Waals surface area (Å²) in [5.41, 5.74) is 8.07. The summed E-state index contributed by atoms with van der Waals surface area (Å²) in [5.74, 6) is 1.18. The molecular formula is C16H21BrN2O4. The number of hydrogen-bond acceptors (Lipinski definition) is 4. The van der Waals surface area contributed by atoms with E-state index in [4.69, 9.17) is 15.2 Å². The number of nitrogens with two attached hydrogens (primary N) is 1. The van der Waals surface area contributed by atoms with Crippen LogP contribution >= 0.6 is 15.9 Å². The van der Waals surface area contributed by atoms with Crippen molar-refractivity contribution in [1.29, 1.82) is 0 Å². The van der Waals surface area contributed by atoms with E-state index in [0.29, 0.717) is 12.5 Å². The van der Waals surface area contributed by atoms with Crippen molar-refractivity contribution in [3.05, 3.63) is 27.7 Å². The molecule has 1 aliphatic rings. The number of hydrogen-bond donors (Lipinski definition) is 1. The number of carbonyl (C=O) groups excluding carboxylic acids is 1. The molecule has 2 N–H and O–H groups in total. The number of carbonyl (C=O) groups is 1. The Kier molecular flexibility index (Phi) is 6.27. The number of aliphatic imine (C=N–C) groups is 1. The number of amidine groups is 1. The van der Waals surface area contributed by atoms with Gasteiger partial charge in [-0.1, -0.05) is 15.9 Å². The fourth-order valence-corrected chi connectivity index (χ4v) is 3.26. The van der Waals surface area contributed by atoms with Crippen LogP contribution in [0.4, 0.5) is 4.79 Å². The Balaban J connectivity index is 1.98. The lowest BCUT2D eigenvalue weighted by Gasteiger charge is -2.26. The Bertz CT molecular complexity index is 604. The van der Waals surface area contributed by atoms with Crippen LogP contribution in [0.1, 0.15) is 24.5 Å². The molecule has 1 aliphatic carbocycles. The normalized spacial score (nSPS) is 17.3. The van der Waals surface area contributed by atoms with Crippen LogP contribution in [0.15, 0.2) is 21.6 Å². The number of amides is 1.